The van der Waals surface area contributed by atoms with Gasteiger partial charge in [0.1, 0.15) is 11.5 Å². The van der Waals surface area contributed by atoms with Gasteiger partial charge in [0.15, 0.2) is 0 Å². The quantitative estimate of drug-likeness (QED) is 0.935. The Balaban J connectivity index is 2.21. The molecule has 7 heteroatoms. The smallest absolute Gasteiger partial charge is 0.243 e. The molecule has 0 aliphatic heterocycles. The minimum Gasteiger partial charge on any atom is -0.472 e. The van der Waals surface area contributed by atoms with Crippen molar-refractivity contribution in [2.45, 2.75) is 11.5 Å². The van der Waals surface area contributed by atoms with E-state index >= 15 is 0 Å². The minimum atomic E-state index is -3.86. The van der Waals surface area contributed by atoms with Gasteiger partial charge in [-0.2, -0.15) is 0 Å². The van der Waals surface area contributed by atoms with E-state index in [0.29, 0.717) is 5.02 Å². The Labute approximate surface area is 116 Å². The van der Waals surface area contributed by atoms with Crippen LogP contribution in [0.15, 0.2) is 47.5 Å². The molecular formula is C12H11ClN2O3S. The molecule has 0 aliphatic carbocycles. The Bertz CT molecular complexity index is 689. The molecule has 5 nitrogen and oxygen atoms in total. The van der Waals surface area contributed by atoms with Crippen LogP contribution in [0.4, 0.5) is 0 Å². The third-order valence-corrected chi connectivity index (χ3v) is 3.47. The summed E-state index contributed by atoms with van der Waals surface area (Å²) in [5, 5.41) is 5.66. The van der Waals surface area contributed by atoms with Crippen LogP contribution in [0.25, 0.3) is 0 Å². The molecule has 1 heterocycles. The number of nitrogens with two attached hydrogens (primary N) is 1. The first-order chi connectivity index (χ1) is 8.97. The van der Waals surface area contributed by atoms with Crippen LogP contribution in [0.1, 0.15) is 5.56 Å². The molecule has 0 fully saturated rings. The van der Waals surface area contributed by atoms with Crippen LogP contribution in [0.3, 0.4) is 0 Å². The Morgan fingerprint density at radius 3 is 2.74 bits per heavy atom. The summed E-state index contributed by atoms with van der Waals surface area (Å²) in [6.45, 7) is 0.153. The lowest BCUT2D eigenvalue weighted by Gasteiger charge is -2.08. The van der Waals surface area contributed by atoms with Crippen molar-refractivity contribution in [3.63, 3.8) is 0 Å². The zero-order valence-corrected chi connectivity index (χ0v) is 11.4. The maximum Gasteiger partial charge on any atom is 0.243 e. The number of aromatic nitrogens is 1. The number of sulfonamides is 1. The summed E-state index contributed by atoms with van der Waals surface area (Å²) in [4.78, 5) is 3.73. The second kappa shape index (κ2) is 5.56. The standard InChI is InChI=1S/C12H11ClN2O3S/c13-10-4-1-3-9(7-10)8-18-12-11(19(14,16)17)5-2-6-15-12/h1-7H,8H2,(H2,14,16,17). The van der Waals surface area contributed by atoms with Gasteiger partial charge in [0.05, 0.1) is 0 Å². The topological polar surface area (TPSA) is 82.3 Å². The maximum absolute atomic E-state index is 11.4. The van der Waals surface area contributed by atoms with Gasteiger partial charge >= 0.3 is 0 Å². The number of rotatable bonds is 4. The summed E-state index contributed by atoms with van der Waals surface area (Å²) in [5.41, 5.74) is 0.804. The Morgan fingerprint density at radius 1 is 1.26 bits per heavy atom. The highest BCUT2D eigenvalue weighted by Crippen LogP contribution is 2.20. The lowest BCUT2D eigenvalue weighted by molar-refractivity contribution is 0.285. The van der Waals surface area contributed by atoms with Gasteiger partial charge in [-0.25, -0.2) is 18.5 Å². The molecule has 19 heavy (non-hydrogen) atoms. The van der Waals surface area contributed by atoms with E-state index in [4.69, 9.17) is 21.5 Å². The van der Waals surface area contributed by atoms with Gasteiger partial charge in [0.2, 0.25) is 15.9 Å². The van der Waals surface area contributed by atoms with Crippen molar-refractivity contribution in [2.75, 3.05) is 0 Å². The first kappa shape index (κ1) is 13.8. The lowest BCUT2D eigenvalue weighted by Crippen LogP contribution is -2.14. The Morgan fingerprint density at radius 2 is 2.05 bits per heavy atom. The number of pyridine rings is 1. The van der Waals surface area contributed by atoms with E-state index < -0.39 is 10.0 Å². The number of halogens is 1. The third-order valence-electron chi connectivity index (χ3n) is 2.31. The van der Waals surface area contributed by atoms with Gasteiger partial charge in [-0.05, 0) is 29.8 Å². The third kappa shape index (κ3) is 3.66. The van der Waals surface area contributed by atoms with Crippen molar-refractivity contribution in [3.8, 4) is 5.88 Å². The number of hydrogen-bond donors (Lipinski definition) is 1. The molecule has 0 bridgehead atoms. The van der Waals surface area contributed by atoms with E-state index in [0.717, 1.165) is 5.56 Å². The molecule has 2 rings (SSSR count). The summed E-state index contributed by atoms with van der Waals surface area (Å²) in [5.74, 6) is -0.0232. The molecule has 0 atom stereocenters. The predicted molar refractivity (Wildman–Crippen MR) is 71.4 cm³/mol. The summed E-state index contributed by atoms with van der Waals surface area (Å²) in [7, 11) is -3.86. The molecule has 1 aromatic heterocycles. The van der Waals surface area contributed by atoms with Crippen molar-refractivity contribution < 1.29 is 13.2 Å². The van der Waals surface area contributed by atoms with Crippen LogP contribution in [0.5, 0.6) is 5.88 Å². The van der Waals surface area contributed by atoms with Crippen molar-refractivity contribution in [2.24, 2.45) is 5.14 Å². The van der Waals surface area contributed by atoms with Gasteiger partial charge in [-0.15, -0.1) is 0 Å². The van der Waals surface area contributed by atoms with Crippen LogP contribution >= 0.6 is 11.6 Å². The first-order valence-corrected chi connectivity index (χ1v) is 7.24. The first-order valence-electron chi connectivity index (χ1n) is 5.32. The molecule has 100 valence electrons. The van der Waals surface area contributed by atoms with Crippen LogP contribution in [-0.4, -0.2) is 13.4 Å². The zero-order chi connectivity index (χ0) is 13.9. The molecule has 0 spiro atoms. The number of hydrogen-bond acceptors (Lipinski definition) is 4. The molecule has 0 radical (unpaired) electrons. The van der Waals surface area contributed by atoms with Crippen LogP contribution in [0, 0.1) is 0 Å². The van der Waals surface area contributed by atoms with Crippen molar-refractivity contribution in [3.05, 3.63) is 53.2 Å². The monoisotopic (exact) mass is 298 g/mol. The van der Waals surface area contributed by atoms with Crippen molar-refractivity contribution in [1.29, 1.82) is 0 Å². The summed E-state index contributed by atoms with van der Waals surface area (Å²) in [6, 6.07) is 9.87. The van der Waals surface area contributed by atoms with E-state index in [9.17, 15) is 8.42 Å². The highest BCUT2D eigenvalue weighted by Gasteiger charge is 2.15. The summed E-state index contributed by atoms with van der Waals surface area (Å²) < 4.78 is 28.1. The predicted octanol–water partition coefficient (Wildman–Crippen LogP) is 1.96. The second-order valence-electron chi connectivity index (χ2n) is 3.77. The number of primary sulfonamides is 1. The molecule has 2 N–H and O–H groups in total. The summed E-state index contributed by atoms with van der Waals surface area (Å²) >= 11 is 5.84. The molecule has 1 aromatic carbocycles. The Kier molecular flexibility index (Phi) is 4.04. The molecular weight excluding hydrogens is 288 g/mol. The van der Waals surface area contributed by atoms with Crippen LogP contribution in [0.2, 0.25) is 5.02 Å². The number of benzene rings is 1. The average molecular weight is 299 g/mol. The fourth-order valence-corrected chi connectivity index (χ4v) is 2.32. The summed E-state index contributed by atoms with van der Waals surface area (Å²) in [6.07, 6.45) is 1.43. The highest BCUT2D eigenvalue weighted by molar-refractivity contribution is 7.89. The van der Waals surface area contributed by atoms with Gasteiger partial charge in [-0.3, -0.25) is 0 Å². The van der Waals surface area contributed by atoms with Crippen molar-refractivity contribution >= 4 is 21.6 Å². The molecule has 2 aromatic rings. The van der Waals surface area contributed by atoms with Gasteiger partial charge in [0.25, 0.3) is 0 Å². The van der Waals surface area contributed by atoms with E-state index in [1.165, 1.54) is 18.3 Å². The highest BCUT2D eigenvalue weighted by atomic mass is 35.5. The number of ether oxygens (including phenoxy) is 1. The van der Waals surface area contributed by atoms with Crippen LogP contribution < -0.4 is 9.88 Å². The Hall–Kier alpha value is -1.63. The van der Waals surface area contributed by atoms with E-state index in [1.54, 1.807) is 18.2 Å². The molecule has 0 amide bonds. The lowest BCUT2D eigenvalue weighted by atomic mass is 10.2. The second-order valence-corrected chi connectivity index (χ2v) is 5.74. The molecule has 0 unspecified atom stereocenters. The average Bonchev–Trinajstić information content (AvgIpc) is 2.36. The maximum atomic E-state index is 11.4. The number of nitrogens with zero attached hydrogens (tertiary/aromatic N) is 1. The normalized spacial score (nSPS) is 11.3. The molecule has 0 saturated carbocycles. The minimum absolute atomic E-state index is 0.0232. The molecule has 0 saturated heterocycles. The fourth-order valence-electron chi connectivity index (χ4n) is 1.48. The zero-order valence-electron chi connectivity index (χ0n) is 9.78. The van der Waals surface area contributed by atoms with Crippen molar-refractivity contribution in [1.82, 2.24) is 4.98 Å². The largest absolute Gasteiger partial charge is 0.472 e. The van der Waals surface area contributed by atoms with Gasteiger partial charge < -0.3 is 4.74 Å². The molecule has 0 aliphatic rings. The van der Waals surface area contributed by atoms with Gasteiger partial charge in [0, 0.05) is 11.2 Å². The van der Waals surface area contributed by atoms with Crippen LogP contribution in [-0.2, 0) is 16.6 Å². The SMILES string of the molecule is NS(=O)(=O)c1cccnc1OCc1cccc(Cl)c1. The van der Waals surface area contributed by atoms with E-state index in [1.807, 2.05) is 6.07 Å². The van der Waals surface area contributed by atoms with E-state index in [-0.39, 0.29) is 17.4 Å². The van der Waals surface area contributed by atoms with E-state index in [2.05, 4.69) is 4.98 Å². The fraction of sp³-hybridized carbons (Fsp3) is 0.0833. The van der Waals surface area contributed by atoms with Gasteiger partial charge in [-0.1, -0.05) is 23.7 Å².